The monoisotopic (exact) mass is 313 g/mol. The molecule has 0 fully saturated rings. The molecule has 0 radical (unpaired) electrons. The minimum atomic E-state index is -0.135. The van der Waals surface area contributed by atoms with Crippen molar-refractivity contribution >= 4 is 17.4 Å². The molecule has 0 saturated carbocycles. The number of amides is 1. The van der Waals surface area contributed by atoms with Gasteiger partial charge in [-0.2, -0.15) is 0 Å². The van der Waals surface area contributed by atoms with Crippen molar-refractivity contribution in [1.29, 1.82) is 0 Å². The predicted octanol–water partition coefficient (Wildman–Crippen LogP) is 3.32. The number of methoxy groups -OCH3 is 1. The molecule has 0 unspecified atom stereocenters. The van der Waals surface area contributed by atoms with E-state index in [0.717, 1.165) is 5.69 Å². The van der Waals surface area contributed by atoms with Gasteiger partial charge in [0.25, 0.3) is 5.91 Å². The van der Waals surface area contributed by atoms with Crippen LogP contribution in [-0.4, -0.2) is 31.2 Å². The lowest BCUT2D eigenvalue weighted by atomic mass is 10.0. The number of rotatable bonds is 7. The molecule has 5 nitrogen and oxygen atoms in total. The predicted molar refractivity (Wildman–Crippen MR) is 92.3 cm³/mol. The van der Waals surface area contributed by atoms with Gasteiger partial charge in [-0.15, -0.1) is 0 Å². The SMILES string of the molecule is COCCNC(=O)c1ccnc(Nc2ccccc2C(C)C)c1. The third-order valence-electron chi connectivity index (χ3n) is 3.46. The zero-order valence-corrected chi connectivity index (χ0v) is 13.8. The van der Waals surface area contributed by atoms with Crippen LogP contribution >= 0.6 is 0 Å². The van der Waals surface area contributed by atoms with E-state index in [0.29, 0.717) is 30.5 Å². The number of para-hydroxylation sites is 1. The summed E-state index contributed by atoms with van der Waals surface area (Å²) < 4.78 is 4.93. The van der Waals surface area contributed by atoms with Gasteiger partial charge in [-0.05, 0) is 29.7 Å². The molecule has 0 aliphatic heterocycles. The van der Waals surface area contributed by atoms with Crippen LogP contribution in [0.3, 0.4) is 0 Å². The standard InChI is InChI=1S/C18H23N3O2/c1-13(2)15-6-4-5-7-16(15)21-17-12-14(8-9-19-17)18(22)20-10-11-23-3/h4-9,12-13H,10-11H2,1-3H3,(H,19,21)(H,20,22). The molecule has 1 amide bonds. The van der Waals surface area contributed by atoms with Crippen molar-refractivity contribution in [2.24, 2.45) is 0 Å². The molecule has 1 heterocycles. The number of carbonyl (C=O) groups is 1. The van der Waals surface area contributed by atoms with Gasteiger partial charge in [0, 0.05) is 31.1 Å². The van der Waals surface area contributed by atoms with Crippen molar-refractivity contribution in [3.8, 4) is 0 Å². The summed E-state index contributed by atoms with van der Waals surface area (Å²) in [7, 11) is 1.60. The van der Waals surface area contributed by atoms with Crippen LogP contribution in [0.1, 0.15) is 35.7 Å². The number of pyridine rings is 1. The molecule has 0 spiro atoms. The number of hydrogen-bond donors (Lipinski definition) is 2. The maximum Gasteiger partial charge on any atom is 0.251 e. The summed E-state index contributed by atoms with van der Waals surface area (Å²) in [4.78, 5) is 16.4. The van der Waals surface area contributed by atoms with Crippen molar-refractivity contribution in [2.45, 2.75) is 19.8 Å². The van der Waals surface area contributed by atoms with E-state index in [2.05, 4.69) is 35.5 Å². The number of anilines is 2. The fourth-order valence-corrected chi connectivity index (χ4v) is 2.26. The first-order valence-electron chi connectivity index (χ1n) is 7.71. The Morgan fingerprint density at radius 1 is 1.26 bits per heavy atom. The second kappa shape index (κ2) is 8.29. The van der Waals surface area contributed by atoms with Crippen LogP contribution in [0.15, 0.2) is 42.6 Å². The van der Waals surface area contributed by atoms with Crippen molar-refractivity contribution in [2.75, 3.05) is 25.6 Å². The molecule has 1 aromatic heterocycles. The molecular formula is C18H23N3O2. The van der Waals surface area contributed by atoms with Crippen LogP contribution in [0, 0.1) is 0 Å². The zero-order chi connectivity index (χ0) is 16.7. The molecule has 23 heavy (non-hydrogen) atoms. The summed E-state index contributed by atoms with van der Waals surface area (Å²) in [5.41, 5.74) is 2.79. The van der Waals surface area contributed by atoms with Crippen LogP contribution in [0.2, 0.25) is 0 Å². The Labute approximate surface area is 137 Å². The summed E-state index contributed by atoms with van der Waals surface area (Å²) in [5.74, 6) is 0.918. The number of benzene rings is 1. The Morgan fingerprint density at radius 3 is 2.78 bits per heavy atom. The molecule has 2 rings (SSSR count). The minimum absolute atomic E-state index is 0.135. The number of hydrogen-bond acceptors (Lipinski definition) is 4. The summed E-state index contributed by atoms with van der Waals surface area (Å²) in [6.45, 7) is 5.27. The minimum Gasteiger partial charge on any atom is -0.383 e. The molecule has 0 atom stereocenters. The van der Waals surface area contributed by atoms with E-state index in [1.54, 1.807) is 25.4 Å². The van der Waals surface area contributed by atoms with Gasteiger partial charge in [0.1, 0.15) is 5.82 Å². The van der Waals surface area contributed by atoms with E-state index < -0.39 is 0 Å². The fourth-order valence-electron chi connectivity index (χ4n) is 2.26. The first-order valence-corrected chi connectivity index (χ1v) is 7.71. The maximum absolute atomic E-state index is 12.1. The number of nitrogens with zero attached hydrogens (tertiary/aromatic N) is 1. The molecule has 122 valence electrons. The largest absolute Gasteiger partial charge is 0.383 e. The average Bonchev–Trinajstić information content (AvgIpc) is 2.55. The Kier molecular flexibility index (Phi) is 6.11. The molecular weight excluding hydrogens is 290 g/mol. The van der Waals surface area contributed by atoms with E-state index in [4.69, 9.17) is 4.74 Å². The topological polar surface area (TPSA) is 63.2 Å². The lowest BCUT2D eigenvalue weighted by molar-refractivity contribution is 0.0937. The van der Waals surface area contributed by atoms with Gasteiger partial charge in [0.15, 0.2) is 0 Å². The van der Waals surface area contributed by atoms with Crippen molar-refractivity contribution in [1.82, 2.24) is 10.3 Å². The van der Waals surface area contributed by atoms with Gasteiger partial charge in [-0.3, -0.25) is 4.79 Å². The van der Waals surface area contributed by atoms with Gasteiger partial charge in [-0.25, -0.2) is 4.98 Å². The fraction of sp³-hybridized carbons (Fsp3) is 0.333. The smallest absolute Gasteiger partial charge is 0.251 e. The highest BCUT2D eigenvalue weighted by Gasteiger charge is 2.09. The first kappa shape index (κ1) is 17.0. The molecule has 5 heteroatoms. The molecule has 0 aliphatic rings. The summed E-state index contributed by atoms with van der Waals surface area (Å²) in [6.07, 6.45) is 1.63. The molecule has 1 aromatic carbocycles. The Morgan fingerprint density at radius 2 is 2.04 bits per heavy atom. The lowest BCUT2D eigenvalue weighted by Crippen LogP contribution is -2.27. The molecule has 2 aromatic rings. The van der Waals surface area contributed by atoms with E-state index in [9.17, 15) is 4.79 Å². The quantitative estimate of drug-likeness (QED) is 0.770. The summed E-state index contributed by atoms with van der Waals surface area (Å²) in [6, 6.07) is 11.6. The average molecular weight is 313 g/mol. The molecule has 0 saturated heterocycles. The van der Waals surface area contributed by atoms with Gasteiger partial charge < -0.3 is 15.4 Å². The molecule has 0 aliphatic carbocycles. The van der Waals surface area contributed by atoms with Crippen molar-refractivity contribution in [3.63, 3.8) is 0 Å². The highest BCUT2D eigenvalue weighted by atomic mass is 16.5. The number of nitrogens with one attached hydrogen (secondary N) is 2. The first-order chi connectivity index (χ1) is 11.1. The van der Waals surface area contributed by atoms with Crippen LogP contribution < -0.4 is 10.6 Å². The maximum atomic E-state index is 12.1. The van der Waals surface area contributed by atoms with E-state index in [-0.39, 0.29) is 5.91 Å². The Balaban J connectivity index is 2.13. The van der Waals surface area contributed by atoms with Crippen LogP contribution in [0.4, 0.5) is 11.5 Å². The number of aromatic nitrogens is 1. The Bertz CT molecular complexity index is 656. The highest BCUT2D eigenvalue weighted by Crippen LogP contribution is 2.26. The zero-order valence-electron chi connectivity index (χ0n) is 13.8. The van der Waals surface area contributed by atoms with Crippen molar-refractivity contribution < 1.29 is 9.53 Å². The third-order valence-corrected chi connectivity index (χ3v) is 3.46. The van der Waals surface area contributed by atoms with Crippen LogP contribution in [-0.2, 0) is 4.74 Å². The summed E-state index contributed by atoms with van der Waals surface area (Å²) >= 11 is 0. The van der Waals surface area contributed by atoms with Gasteiger partial charge >= 0.3 is 0 Å². The van der Waals surface area contributed by atoms with Gasteiger partial charge in [-0.1, -0.05) is 32.0 Å². The highest BCUT2D eigenvalue weighted by molar-refractivity contribution is 5.94. The lowest BCUT2D eigenvalue weighted by Gasteiger charge is -2.14. The Hall–Kier alpha value is -2.40. The second-order valence-electron chi connectivity index (χ2n) is 5.55. The third kappa shape index (κ3) is 4.79. The van der Waals surface area contributed by atoms with Crippen LogP contribution in [0.5, 0.6) is 0 Å². The second-order valence-corrected chi connectivity index (χ2v) is 5.55. The molecule has 0 bridgehead atoms. The van der Waals surface area contributed by atoms with E-state index in [1.807, 2.05) is 18.2 Å². The van der Waals surface area contributed by atoms with E-state index >= 15 is 0 Å². The normalized spacial score (nSPS) is 10.6. The van der Waals surface area contributed by atoms with Gasteiger partial charge in [0.05, 0.1) is 6.61 Å². The van der Waals surface area contributed by atoms with Gasteiger partial charge in [0.2, 0.25) is 0 Å². The van der Waals surface area contributed by atoms with Crippen molar-refractivity contribution in [3.05, 3.63) is 53.7 Å². The number of carbonyl (C=O) groups excluding carboxylic acids is 1. The van der Waals surface area contributed by atoms with E-state index in [1.165, 1.54) is 5.56 Å². The molecule has 2 N–H and O–H groups in total. The number of ether oxygens (including phenoxy) is 1. The van der Waals surface area contributed by atoms with Crippen LogP contribution in [0.25, 0.3) is 0 Å². The summed E-state index contributed by atoms with van der Waals surface area (Å²) in [5, 5.41) is 6.10.